The molecular weight excluding hydrogens is 415 g/mol. The second-order valence-electron chi connectivity index (χ2n) is 8.25. The second kappa shape index (κ2) is 6.31. The van der Waals surface area contributed by atoms with Crippen molar-refractivity contribution >= 4 is 22.2 Å². The van der Waals surface area contributed by atoms with Crippen LogP contribution in [-0.2, 0) is 6.42 Å². The molecule has 0 amide bonds. The van der Waals surface area contributed by atoms with Crippen LogP contribution in [0, 0.1) is 19.7 Å². The van der Waals surface area contributed by atoms with E-state index in [1.54, 1.807) is 13.0 Å². The molecule has 1 atom stereocenters. The predicted molar refractivity (Wildman–Crippen MR) is 110 cm³/mol. The van der Waals surface area contributed by atoms with Crippen molar-refractivity contribution in [3.05, 3.63) is 54.3 Å². The van der Waals surface area contributed by atoms with E-state index in [4.69, 9.17) is 5.73 Å². The molecule has 0 aliphatic heterocycles. The number of aromatic amines is 1. The molecule has 2 aromatic heterocycles. The van der Waals surface area contributed by atoms with Crippen molar-refractivity contribution in [3.8, 4) is 10.4 Å². The molecule has 2 aliphatic rings. The maximum atomic E-state index is 15.5. The van der Waals surface area contributed by atoms with Crippen molar-refractivity contribution in [2.75, 3.05) is 0 Å². The lowest BCUT2D eigenvalue weighted by Crippen LogP contribution is -2.36. The van der Waals surface area contributed by atoms with E-state index >= 15 is 4.39 Å². The largest absolute Gasteiger partial charge is 0.329 e. The number of alkyl halides is 2. The van der Waals surface area contributed by atoms with Crippen molar-refractivity contribution in [2.24, 2.45) is 5.73 Å². The lowest BCUT2D eigenvalue weighted by molar-refractivity contribution is -0.0392. The summed E-state index contributed by atoms with van der Waals surface area (Å²) in [6, 6.07) is 0.0850. The lowest BCUT2D eigenvalue weighted by atomic mass is 9.90. The summed E-state index contributed by atoms with van der Waals surface area (Å²) in [7, 11) is 0. The zero-order valence-corrected chi connectivity index (χ0v) is 17.3. The van der Waals surface area contributed by atoms with Gasteiger partial charge in [0.2, 0.25) is 0 Å². The summed E-state index contributed by atoms with van der Waals surface area (Å²) < 4.78 is 45.2. The van der Waals surface area contributed by atoms with Gasteiger partial charge >= 0.3 is 5.69 Å². The number of H-pyrrole nitrogens is 1. The first-order chi connectivity index (χ1) is 14.1. The van der Waals surface area contributed by atoms with Crippen LogP contribution < -0.4 is 17.0 Å². The number of benzene rings is 1. The van der Waals surface area contributed by atoms with Crippen molar-refractivity contribution in [2.45, 2.75) is 57.5 Å². The van der Waals surface area contributed by atoms with Gasteiger partial charge in [-0.05, 0) is 50.3 Å². The summed E-state index contributed by atoms with van der Waals surface area (Å²) in [6.45, 7) is 3.18. The Morgan fingerprint density at radius 2 is 1.93 bits per heavy atom. The van der Waals surface area contributed by atoms with Gasteiger partial charge in [0.25, 0.3) is 11.5 Å². The molecule has 1 unspecified atom stereocenters. The van der Waals surface area contributed by atoms with Crippen molar-refractivity contribution in [1.82, 2.24) is 9.55 Å². The highest BCUT2D eigenvalue weighted by atomic mass is 32.1. The number of nitrogens with two attached hydrogens (primary N) is 1. The number of thiophene rings is 1. The average molecular weight is 435 g/mol. The number of fused-ring (bicyclic) bond motifs is 2. The van der Waals surface area contributed by atoms with Crippen LogP contribution in [0.15, 0.2) is 15.7 Å². The van der Waals surface area contributed by atoms with E-state index < -0.39 is 29.0 Å². The molecular formula is C21H20F3N3O2S. The highest BCUT2D eigenvalue weighted by Gasteiger charge is 2.43. The lowest BCUT2D eigenvalue weighted by Gasteiger charge is -2.28. The van der Waals surface area contributed by atoms with E-state index in [9.17, 15) is 18.4 Å². The molecule has 2 heterocycles. The molecule has 0 radical (unpaired) electrons. The summed E-state index contributed by atoms with van der Waals surface area (Å²) in [5.74, 6) is -3.58. The minimum atomic E-state index is -3.00. The summed E-state index contributed by atoms with van der Waals surface area (Å²) >= 11 is 1.25. The second-order valence-corrected chi connectivity index (χ2v) is 9.39. The molecule has 1 aromatic carbocycles. The number of nitrogens with zero attached hydrogens (tertiary/aromatic N) is 1. The van der Waals surface area contributed by atoms with Crippen molar-refractivity contribution in [3.63, 3.8) is 0 Å². The molecule has 0 bridgehead atoms. The van der Waals surface area contributed by atoms with Crippen LogP contribution in [0.25, 0.3) is 21.3 Å². The molecule has 3 N–H and O–H groups in total. The number of halogens is 3. The Morgan fingerprint density at radius 1 is 1.23 bits per heavy atom. The highest BCUT2D eigenvalue weighted by molar-refractivity contribution is 7.15. The fourth-order valence-corrected chi connectivity index (χ4v) is 5.81. The van der Waals surface area contributed by atoms with Crippen LogP contribution in [0.3, 0.4) is 0 Å². The Balaban J connectivity index is 1.83. The molecule has 0 spiro atoms. The Bertz CT molecular complexity index is 1330. The summed E-state index contributed by atoms with van der Waals surface area (Å²) in [5.41, 5.74) is 6.27. The number of rotatable bonds is 2. The normalized spacial score (nSPS) is 20.5. The van der Waals surface area contributed by atoms with Crippen LogP contribution in [0.5, 0.6) is 0 Å². The van der Waals surface area contributed by atoms with E-state index in [-0.39, 0.29) is 35.4 Å². The SMILES string of the molecule is Cc1c(F)c(-c2cc3c(s2)CCC(F)(F)C3N)c(C)c2c1c(=O)[nH]c(=O)n2C1CC1. The molecule has 2 aliphatic carbocycles. The molecule has 30 heavy (non-hydrogen) atoms. The first kappa shape index (κ1) is 19.6. The van der Waals surface area contributed by atoms with Crippen LogP contribution >= 0.6 is 11.3 Å². The van der Waals surface area contributed by atoms with E-state index in [0.29, 0.717) is 21.5 Å². The van der Waals surface area contributed by atoms with Gasteiger partial charge in [-0.1, -0.05) is 0 Å². The molecule has 158 valence electrons. The highest BCUT2D eigenvalue weighted by Crippen LogP contribution is 2.47. The summed E-state index contributed by atoms with van der Waals surface area (Å²) in [6.07, 6.45) is 1.46. The van der Waals surface area contributed by atoms with E-state index in [1.807, 2.05) is 0 Å². The molecule has 1 fully saturated rings. The third-order valence-corrected chi connectivity index (χ3v) is 7.50. The number of hydrogen-bond acceptors (Lipinski definition) is 4. The number of hydrogen-bond donors (Lipinski definition) is 2. The van der Waals surface area contributed by atoms with E-state index in [0.717, 1.165) is 17.7 Å². The molecule has 1 saturated carbocycles. The molecule has 3 aromatic rings. The fourth-order valence-electron chi connectivity index (χ4n) is 4.51. The molecule has 0 saturated heterocycles. The zero-order chi connectivity index (χ0) is 21.5. The first-order valence-electron chi connectivity index (χ1n) is 9.85. The van der Waals surface area contributed by atoms with Gasteiger partial charge in [0.15, 0.2) is 0 Å². The predicted octanol–water partition coefficient (Wildman–Crippen LogP) is 4.09. The molecule has 5 rings (SSSR count). The summed E-state index contributed by atoms with van der Waals surface area (Å²) in [5, 5.41) is 0.157. The first-order valence-corrected chi connectivity index (χ1v) is 10.7. The zero-order valence-electron chi connectivity index (χ0n) is 16.4. The van der Waals surface area contributed by atoms with Gasteiger partial charge < -0.3 is 5.73 Å². The van der Waals surface area contributed by atoms with E-state index in [1.165, 1.54) is 22.8 Å². The standard InChI is InChI=1S/C21H20F3N3O2S/c1-8-15-17(27(10-3-4-10)20(29)26-19(15)28)9(2)14(16(8)22)13-7-11-12(30-13)5-6-21(23,24)18(11)25/h7,10,18H,3-6,25H2,1-2H3,(H,26,28,29). The maximum absolute atomic E-state index is 15.5. The van der Waals surface area contributed by atoms with Gasteiger partial charge in [0, 0.05) is 33.3 Å². The van der Waals surface area contributed by atoms with Crippen LogP contribution in [0.2, 0.25) is 0 Å². The smallest absolute Gasteiger partial charge is 0.319 e. The fraction of sp³-hybridized carbons (Fsp3) is 0.429. The number of aryl methyl sites for hydroxylation is 3. The topological polar surface area (TPSA) is 80.9 Å². The Hall–Kier alpha value is -2.39. The van der Waals surface area contributed by atoms with Gasteiger partial charge in [0.05, 0.1) is 16.9 Å². The van der Waals surface area contributed by atoms with Crippen molar-refractivity contribution < 1.29 is 13.2 Å². The third-order valence-electron chi connectivity index (χ3n) is 6.27. The number of nitrogens with one attached hydrogen (secondary N) is 1. The van der Waals surface area contributed by atoms with Gasteiger partial charge in [-0.25, -0.2) is 18.0 Å². The summed E-state index contributed by atoms with van der Waals surface area (Å²) in [4.78, 5) is 28.5. The monoisotopic (exact) mass is 435 g/mol. The van der Waals surface area contributed by atoms with Crippen LogP contribution in [-0.4, -0.2) is 15.5 Å². The quantitative estimate of drug-likeness (QED) is 0.636. The Kier molecular flexibility index (Phi) is 4.11. The van der Waals surface area contributed by atoms with Gasteiger partial charge in [-0.15, -0.1) is 11.3 Å². The van der Waals surface area contributed by atoms with Gasteiger partial charge in [0.1, 0.15) is 5.82 Å². The minimum Gasteiger partial charge on any atom is -0.319 e. The minimum absolute atomic E-state index is 0.0306. The van der Waals surface area contributed by atoms with Gasteiger partial charge in [-0.2, -0.15) is 0 Å². The molecule has 9 heteroatoms. The number of aromatic nitrogens is 2. The molecule has 5 nitrogen and oxygen atoms in total. The van der Waals surface area contributed by atoms with Crippen molar-refractivity contribution in [1.29, 1.82) is 0 Å². The average Bonchev–Trinajstić information content (AvgIpc) is 3.41. The Morgan fingerprint density at radius 3 is 2.60 bits per heavy atom. The van der Waals surface area contributed by atoms with Crippen LogP contribution in [0.4, 0.5) is 13.2 Å². The van der Waals surface area contributed by atoms with Crippen LogP contribution in [0.1, 0.15) is 52.9 Å². The third kappa shape index (κ3) is 2.64. The van der Waals surface area contributed by atoms with Gasteiger partial charge in [-0.3, -0.25) is 14.3 Å². The van der Waals surface area contributed by atoms with E-state index in [2.05, 4.69) is 4.98 Å². The maximum Gasteiger partial charge on any atom is 0.329 e. The Labute approximate surface area is 173 Å².